The van der Waals surface area contributed by atoms with Crippen LogP contribution in [-0.4, -0.2) is 4.57 Å². The number of benzene rings is 11. The van der Waals surface area contributed by atoms with E-state index in [0.29, 0.717) is 0 Å². The van der Waals surface area contributed by atoms with E-state index < -0.39 is 0 Å². The Morgan fingerprint density at radius 2 is 0.986 bits per heavy atom. The highest BCUT2D eigenvalue weighted by molar-refractivity contribution is 7.26. The summed E-state index contributed by atoms with van der Waals surface area (Å²) in [6.45, 7) is 4.74. The molecule has 0 N–H and O–H groups in total. The van der Waals surface area contributed by atoms with Crippen LogP contribution in [0.15, 0.2) is 243 Å². The van der Waals surface area contributed by atoms with Gasteiger partial charge in [-0.25, -0.2) is 0 Å². The second-order valence-electron chi connectivity index (χ2n) is 19.3. The first kappa shape index (κ1) is 40.6. The minimum absolute atomic E-state index is 0.149. The maximum atomic E-state index is 2.55. The molecular formula is C67H46N2S. The SMILES string of the molecule is CC1(C)c2ccccc2-c2ccc(N(c3ccc(-c4ccccc4)cc3)c3ccc4c5c6sc7ccc(-c8ccccc8)cc7c6cc(-c6cccc7ccccc67)c5n(-c5ccccc5)c4c3)cc21. The second-order valence-corrected chi connectivity index (χ2v) is 20.3. The van der Waals surface area contributed by atoms with E-state index in [4.69, 9.17) is 0 Å². The molecule has 0 spiro atoms. The standard InChI is InChI=1S/C67H46N2S/c1-67(2)60-28-15-14-26-54(60)55-36-34-50(40-61(55)67)68(49-32-29-45(30-33-49)43-17-6-3-7-18-43)51-35-37-56-62(41-51)69(48-23-10-5-11-24-48)65-58(53-27-16-22-46-21-12-13-25-52(46)53)42-59-57-39-47(44-19-8-4-9-20-44)31-38-63(57)70-66(59)64(56)65/h3-42H,1-2H3. The van der Waals surface area contributed by atoms with Gasteiger partial charge in [-0.1, -0.05) is 190 Å². The molecule has 0 amide bonds. The van der Waals surface area contributed by atoms with Crippen LogP contribution in [0.25, 0.3) is 103 Å². The molecular weight excluding hydrogens is 865 g/mol. The molecule has 0 saturated heterocycles. The molecule has 0 radical (unpaired) electrons. The van der Waals surface area contributed by atoms with Gasteiger partial charge in [-0.2, -0.15) is 0 Å². The zero-order chi connectivity index (χ0) is 46.5. The molecule has 1 aliphatic carbocycles. The molecule has 0 saturated carbocycles. The van der Waals surface area contributed by atoms with Crippen LogP contribution in [0, 0.1) is 0 Å². The predicted molar refractivity (Wildman–Crippen MR) is 300 cm³/mol. The van der Waals surface area contributed by atoms with Crippen LogP contribution >= 0.6 is 11.3 Å². The Morgan fingerprint density at radius 1 is 0.386 bits per heavy atom. The van der Waals surface area contributed by atoms with Crippen molar-refractivity contribution in [3.63, 3.8) is 0 Å². The van der Waals surface area contributed by atoms with Gasteiger partial charge in [-0.05, 0) is 128 Å². The Morgan fingerprint density at radius 3 is 1.79 bits per heavy atom. The van der Waals surface area contributed by atoms with Gasteiger partial charge in [0.25, 0.3) is 0 Å². The highest BCUT2D eigenvalue weighted by atomic mass is 32.1. The monoisotopic (exact) mass is 910 g/mol. The molecule has 2 heterocycles. The van der Waals surface area contributed by atoms with Crippen molar-refractivity contribution >= 4 is 81.1 Å². The van der Waals surface area contributed by atoms with Gasteiger partial charge in [0.1, 0.15) is 0 Å². The van der Waals surface area contributed by atoms with E-state index in [0.717, 1.165) is 28.3 Å². The van der Waals surface area contributed by atoms with Crippen molar-refractivity contribution in [3.05, 3.63) is 254 Å². The Bertz CT molecular complexity index is 4180. The average Bonchev–Trinajstić information content (AvgIpc) is 4.04. The van der Waals surface area contributed by atoms with Gasteiger partial charge in [0.15, 0.2) is 0 Å². The van der Waals surface area contributed by atoms with Crippen LogP contribution in [0.3, 0.4) is 0 Å². The number of nitrogens with zero attached hydrogens (tertiary/aromatic N) is 2. The lowest BCUT2D eigenvalue weighted by Crippen LogP contribution is -2.16. The van der Waals surface area contributed by atoms with E-state index >= 15 is 0 Å². The zero-order valence-electron chi connectivity index (χ0n) is 38.9. The predicted octanol–water partition coefficient (Wildman–Crippen LogP) is 19.1. The minimum Gasteiger partial charge on any atom is -0.310 e. The molecule has 11 aromatic carbocycles. The molecule has 330 valence electrons. The summed E-state index contributed by atoms with van der Waals surface area (Å²) in [6.07, 6.45) is 0. The van der Waals surface area contributed by atoms with E-state index in [-0.39, 0.29) is 5.41 Å². The van der Waals surface area contributed by atoms with Gasteiger partial charge in [0.05, 0.1) is 11.0 Å². The van der Waals surface area contributed by atoms with Crippen molar-refractivity contribution in [2.75, 3.05) is 4.90 Å². The summed E-state index contributed by atoms with van der Waals surface area (Å²) in [6, 6.07) is 89.9. The number of hydrogen-bond donors (Lipinski definition) is 0. The van der Waals surface area contributed by atoms with Crippen molar-refractivity contribution in [2.45, 2.75) is 19.3 Å². The van der Waals surface area contributed by atoms with Crippen molar-refractivity contribution in [1.29, 1.82) is 0 Å². The third-order valence-electron chi connectivity index (χ3n) is 15.0. The molecule has 0 fully saturated rings. The normalized spacial score (nSPS) is 12.8. The fourth-order valence-corrected chi connectivity index (χ4v) is 12.8. The fraction of sp³-hybridized carbons (Fsp3) is 0.0448. The molecule has 14 rings (SSSR count). The molecule has 1 aliphatic rings. The molecule has 70 heavy (non-hydrogen) atoms. The smallest absolute Gasteiger partial charge is 0.0634 e. The topological polar surface area (TPSA) is 8.17 Å². The Balaban J connectivity index is 1.07. The number of aromatic nitrogens is 1. The molecule has 0 aliphatic heterocycles. The van der Waals surface area contributed by atoms with Gasteiger partial charge < -0.3 is 9.47 Å². The first-order valence-electron chi connectivity index (χ1n) is 24.2. The fourth-order valence-electron chi connectivity index (χ4n) is 11.6. The summed E-state index contributed by atoms with van der Waals surface area (Å²) in [5.41, 5.74) is 19.4. The van der Waals surface area contributed by atoms with Gasteiger partial charge in [0.2, 0.25) is 0 Å². The van der Waals surface area contributed by atoms with Crippen LogP contribution < -0.4 is 4.90 Å². The van der Waals surface area contributed by atoms with E-state index in [1.165, 1.54) is 103 Å². The van der Waals surface area contributed by atoms with E-state index in [1.54, 1.807) is 0 Å². The van der Waals surface area contributed by atoms with Crippen LogP contribution in [0.1, 0.15) is 25.0 Å². The van der Waals surface area contributed by atoms with Gasteiger partial charge in [-0.3, -0.25) is 0 Å². The zero-order valence-corrected chi connectivity index (χ0v) is 39.7. The molecule has 0 atom stereocenters. The van der Waals surface area contributed by atoms with Gasteiger partial charge >= 0.3 is 0 Å². The molecule has 0 unspecified atom stereocenters. The second kappa shape index (κ2) is 15.8. The first-order valence-corrected chi connectivity index (χ1v) is 25.1. The third kappa shape index (κ3) is 6.25. The van der Waals surface area contributed by atoms with Crippen molar-refractivity contribution < 1.29 is 0 Å². The first-order chi connectivity index (χ1) is 34.5. The highest BCUT2D eigenvalue weighted by Gasteiger charge is 2.36. The van der Waals surface area contributed by atoms with Crippen molar-refractivity contribution in [1.82, 2.24) is 4.57 Å². The summed E-state index contributed by atoms with van der Waals surface area (Å²) in [5.74, 6) is 0. The number of rotatable bonds is 7. The molecule has 13 aromatic rings. The summed E-state index contributed by atoms with van der Waals surface area (Å²) in [4.78, 5) is 2.46. The van der Waals surface area contributed by atoms with Crippen LogP contribution in [0.2, 0.25) is 0 Å². The number of anilines is 3. The van der Waals surface area contributed by atoms with E-state index in [2.05, 4.69) is 266 Å². The van der Waals surface area contributed by atoms with Crippen LogP contribution in [-0.2, 0) is 5.41 Å². The molecule has 2 nitrogen and oxygen atoms in total. The lowest BCUT2D eigenvalue weighted by molar-refractivity contribution is 0.660. The summed E-state index contributed by atoms with van der Waals surface area (Å²) in [5, 5.41) is 7.56. The summed E-state index contributed by atoms with van der Waals surface area (Å²) in [7, 11) is 0. The number of para-hydroxylation sites is 1. The number of hydrogen-bond acceptors (Lipinski definition) is 2. The van der Waals surface area contributed by atoms with Crippen LogP contribution in [0.4, 0.5) is 17.1 Å². The van der Waals surface area contributed by atoms with E-state index in [1.807, 2.05) is 11.3 Å². The maximum Gasteiger partial charge on any atom is 0.0634 e. The lowest BCUT2D eigenvalue weighted by atomic mass is 9.82. The number of thiophene rings is 1. The molecule has 3 heteroatoms. The summed E-state index contributed by atoms with van der Waals surface area (Å²) >= 11 is 1.91. The minimum atomic E-state index is -0.149. The lowest BCUT2D eigenvalue weighted by Gasteiger charge is -2.28. The highest BCUT2D eigenvalue weighted by Crippen LogP contribution is 2.53. The Kier molecular flexibility index (Phi) is 9.14. The van der Waals surface area contributed by atoms with Crippen molar-refractivity contribution in [3.8, 4) is 50.2 Å². The third-order valence-corrected chi connectivity index (χ3v) is 16.2. The Hall–Kier alpha value is -8.50. The maximum absolute atomic E-state index is 2.55. The Labute approximate surface area is 411 Å². The molecule has 0 bridgehead atoms. The van der Waals surface area contributed by atoms with Gasteiger partial charge in [0, 0.05) is 64.7 Å². The quantitative estimate of drug-likeness (QED) is 0.155. The average molecular weight is 911 g/mol. The molecule has 2 aromatic heterocycles. The largest absolute Gasteiger partial charge is 0.310 e. The van der Waals surface area contributed by atoms with Crippen molar-refractivity contribution in [2.24, 2.45) is 0 Å². The van der Waals surface area contributed by atoms with Gasteiger partial charge in [-0.15, -0.1) is 11.3 Å². The summed E-state index contributed by atoms with van der Waals surface area (Å²) < 4.78 is 5.14. The van der Waals surface area contributed by atoms with Crippen LogP contribution in [0.5, 0.6) is 0 Å². The van der Waals surface area contributed by atoms with E-state index in [9.17, 15) is 0 Å². The number of fused-ring (bicyclic) bond motifs is 11.